The maximum absolute atomic E-state index is 12.9. The smallest absolute Gasteiger partial charge is 0.258 e. The van der Waals surface area contributed by atoms with Gasteiger partial charge < -0.3 is 4.90 Å². The molecule has 1 amide bonds. The van der Waals surface area contributed by atoms with Crippen molar-refractivity contribution in [2.24, 2.45) is 0 Å². The summed E-state index contributed by atoms with van der Waals surface area (Å²) in [4.78, 5) is 14.5. The Bertz CT molecular complexity index is 894. The monoisotopic (exact) mass is 330 g/mol. The molecule has 2 aromatic carbocycles. The molecule has 1 aromatic heterocycles. The number of nitrogens with zero attached hydrogens (tertiary/aromatic N) is 4. The third kappa shape index (κ3) is 3.75. The van der Waals surface area contributed by atoms with Gasteiger partial charge in [-0.05, 0) is 24.6 Å². The first-order valence-corrected chi connectivity index (χ1v) is 8.01. The fraction of sp³-hybridized carbons (Fsp3) is 0.150. The molecule has 0 atom stereocenters. The van der Waals surface area contributed by atoms with Gasteiger partial charge in [-0.15, -0.1) is 0 Å². The summed E-state index contributed by atoms with van der Waals surface area (Å²) in [5.41, 5.74) is 3.03. The van der Waals surface area contributed by atoms with Crippen LogP contribution in [0.1, 0.15) is 21.6 Å². The molecular formula is C20H18N4O. The summed E-state index contributed by atoms with van der Waals surface area (Å²) in [7, 11) is 0. The molecule has 0 saturated carbocycles. The predicted molar refractivity (Wildman–Crippen MR) is 95.1 cm³/mol. The second-order valence-electron chi connectivity index (χ2n) is 5.71. The summed E-state index contributed by atoms with van der Waals surface area (Å²) in [6.07, 6.45) is 1.72. The van der Waals surface area contributed by atoms with Crippen LogP contribution >= 0.6 is 0 Å². The van der Waals surface area contributed by atoms with Crippen molar-refractivity contribution in [3.8, 4) is 11.8 Å². The van der Waals surface area contributed by atoms with Crippen molar-refractivity contribution in [2.75, 3.05) is 6.54 Å². The fourth-order valence-corrected chi connectivity index (χ4v) is 2.64. The molecule has 0 aliphatic carbocycles. The highest BCUT2D eigenvalue weighted by Crippen LogP contribution is 2.15. The Morgan fingerprint density at radius 1 is 1.12 bits per heavy atom. The lowest BCUT2D eigenvalue weighted by Crippen LogP contribution is -2.31. The van der Waals surface area contributed by atoms with E-state index in [1.165, 1.54) is 4.90 Å². The summed E-state index contributed by atoms with van der Waals surface area (Å²) < 4.78 is 1.69. The molecule has 3 aromatic rings. The van der Waals surface area contributed by atoms with Gasteiger partial charge in [-0.1, -0.05) is 48.5 Å². The van der Waals surface area contributed by atoms with Crippen molar-refractivity contribution in [3.05, 3.63) is 83.7 Å². The molecule has 0 saturated heterocycles. The third-order valence-corrected chi connectivity index (χ3v) is 3.92. The van der Waals surface area contributed by atoms with E-state index in [4.69, 9.17) is 5.26 Å². The molecule has 0 aliphatic heterocycles. The summed E-state index contributed by atoms with van der Waals surface area (Å²) in [5, 5.41) is 13.5. The molecule has 1 heterocycles. The number of hydrogen-bond acceptors (Lipinski definition) is 3. The highest BCUT2D eigenvalue weighted by Gasteiger charge is 2.20. The van der Waals surface area contributed by atoms with E-state index in [0.717, 1.165) is 11.3 Å². The number of nitriles is 1. The van der Waals surface area contributed by atoms with Crippen LogP contribution in [0.25, 0.3) is 5.69 Å². The van der Waals surface area contributed by atoms with E-state index < -0.39 is 0 Å². The van der Waals surface area contributed by atoms with E-state index in [2.05, 4.69) is 11.2 Å². The van der Waals surface area contributed by atoms with E-state index in [0.29, 0.717) is 17.8 Å². The summed E-state index contributed by atoms with van der Waals surface area (Å²) in [5.74, 6) is -0.190. The van der Waals surface area contributed by atoms with E-state index in [1.807, 2.05) is 60.7 Å². The molecule has 3 rings (SSSR count). The topological polar surface area (TPSA) is 61.9 Å². The van der Waals surface area contributed by atoms with Gasteiger partial charge in [0.15, 0.2) is 0 Å². The standard InChI is InChI=1S/C20H18N4O/c1-16-19(15-24(22-16)18-10-6-3-7-11-18)20(25)23(13-12-21)14-17-8-4-2-5-9-17/h2-11,15H,13-14H2,1H3. The molecule has 5 nitrogen and oxygen atoms in total. The Balaban J connectivity index is 1.87. The van der Waals surface area contributed by atoms with Crippen LogP contribution in [0.3, 0.4) is 0 Å². The minimum atomic E-state index is -0.190. The number of aryl methyl sites for hydroxylation is 1. The van der Waals surface area contributed by atoms with Crippen LogP contribution in [-0.4, -0.2) is 27.1 Å². The van der Waals surface area contributed by atoms with Gasteiger partial charge >= 0.3 is 0 Å². The van der Waals surface area contributed by atoms with Crippen LogP contribution in [0.4, 0.5) is 0 Å². The number of aromatic nitrogens is 2. The van der Waals surface area contributed by atoms with Crippen LogP contribution in [0.2, 0.25) is 0 Å². The van der Waals surface area contributed by atoms with Crippen LogP contribution in [0.15, 0.2) is 66.9 Å². The molecule has 0 N–H and O–H groups in total. The Hall–Kier alpha value is -3.39. The van der Waals surface area contributed by atoms with E-state index >= 15 is 0 Å². The maximum Gasteiger partial charge on any atom is 0.258 e. The average molecular weight is 330 g/mol. The van der Waals surface area contributed by atoms with Gasteiger partial charge in [0.05, 0.1) is 23.0 Å². The molecule has 0 fully saturated rings. The van der Waals surface area contributed by atoms with Crippen molar-refractivity contribution in [1.82, 2.24) is 14.7 Å². The van der Waals surface area contributed by atoms with Gasteiger partial charge in [-0.3, -0.25) is 4.79 Å². The minimum absolute atomic E-state index is 0.0314. The lowest BCUT2D eigenvalue weighted by atomic mass is 10.2. The van der Waals surface area contributed by atoms with Crippen LogP contribution < -0.4 is 0 Å². The SMILES string of the molecule is Cc1nn(-c2ccccc2)cc1C(=O)N(CC#N)Cc1ccccc1. The summed E-state index contributed by atoms with van der Waals surface area (Å²) in [6.45, 7) is 2.23. The zero-order valence-corrected chi connectivity index (χ0v) is 14.0. The van der Waals surface area contributed by atoms with Gasteiger partial charge in [0.2, 0.25) is 0 Å². The third-order valence-electron chi connectivity index (χ3n) is 3.92. The number of carbonyl (C=O) groups excluding carboxylic acids is 1. The van der Waals surface area contributed by atoms with Gasteiger partial charge in [-0.2, -0.15) is 10.4 Å². The molecule has 5 heteroatoms. The summed E-state index contributed by atoms with van der Waals surface area (Å²) >= 11 is 0. The first-order chi connectivity index (χ1) is 12.2. The Labute approximate surface area is 146 Å². The molecule has 25 heavy (non-hydrogen) atoms. The zero-order chi connectivity index (χ0) is 17.6. The number of benzene rings is 2. The van der Waals surface area contributed by atoms with Gasteiger partial charge in [0.1, 0.15) is 6.54 Å². The Kier molecular flexibility index (Phi) is 4.91. The highest BCUT2D eigenvalue weighted by atomic mass is 16.2. The molecule has 0 radical (unpaired) electrons. The van der Waals surface area contributed by atoms with Crippen molar-refractivity contribution >= 4 is 5.91 Å². The van der Waals surface area contributed by atoms with E-state index in [9.17, 15) is 4.79 Å². The van der Waals surface area contributed by atoms with Gasteiger partial charge in [0, 0.05) is 12.7 Å². The molecule has 124 valence electrons. The normalized spacial score (nSPS) is 10.2. The Morgan fingerprint density at radius 3 is 2.40 bits per heavy atom. The highest BCUT2D eigenvalue weighted by molar-refractivity contribution is 5.95. The van der Waals surface area contributed by atoms with Crippen molar-refractivity contribution in [2.45, 2.75) is 13.5 Å². The second kappa shape index (κ2) is 7.45. The lowest BCUT2D eigenvalue weighted by molar-refractivity contribution is 0.0764. The van der Waals surface area contributed by atoms with E-state index in [1.54, 1.807) is 17.8 Å². The predicted octanol–water partition coefficient (Wildman–Crippen LogP) is 3.35. The molecule has 0 unspecified atom stereocenters. The second-order valence-corrected chi connectivity index (χ2v) is 5.71. The number of hydrogen-bond donors (Lipinski definition) is 0. The largest absolute Gasteiger partial charge is 0.321 e. The maximum atomic E-state index is 12.9. The van der Waals surface area contributed by atoms with Gasteiger partial charge in [-0.25, -0.2) is 4.68 Å². The number of amides is 1. The molecular weight excluding hydrogens is 312 g/mol. The first kappa shape index (κ1) is 16.5. The molecule has 0 spiro atoms. The zero-order valence-electron chi connectivity index (χ0n) is 14.0. The van der Waals surface area contributed by atoms with Crippen LogP contribution in [0.5, 0.6) is 0 Å². The number of para-hydroxylation sites is 1. The Morgan fingerprint density at radius 2 is 1.76 bits per heavy atom. The fourth-order valence-electron chi connectivity index (χ4n) is 2.64. The first-order valence-electron chi connectivity index (χ1n) is 8.01. The quantitative estimate of drug-likeness (QED) is 0.674. The average Bonchev–Trinajstić information content (AvgIpc) is 3.04. The van der Waals surface area contributed by atoms with Crippen molar-refractivity contribution < 1.29 is 4.79 Å². The van der Waals surface area contributed by atoms with Gasteiger partial charge in [0.25, 0.3) is 5.91 Å². The molecule has 0 bridgehead atoms. The van der Waals surface area contributed by atoms with Crippen LogP contribution in [-0.2, 0) is 6.54 Å². The van der Waals surface area contributed by atoms with E-state index in [-0.39, 0.29) is 12.5 Å². The number of carbonyl (C=O) groups is 1. The van der Waals surface area contributed by atoms with Crippen molar-refractivity contribution in [3.63, 3.8) is 0 Å². The summed E-state index contributed by atoms with van der Waals surface area (Å²) in [6, 6.07) is 21.4. The van der Waals surface area contributed by atoms with Crippen molar-refractivity contribution in [1.29, 1.82) is 5.26 Å². The lowest BCUT2D eigenvalue weighted by Gasteiger charge is -2.19. The minimum Gasteiger partial charge on any atom is -0.321 e. The molecule has 0 aliphatic rings. The van der Waals surface area contributed by atoms with Crippen LogP contribution in [0, 0.1) is 18.3 Å². The number of rotatable bonds is 5.